The number of hydrogen-bond acceptors (Lipinski definition) is 3. The third-order valence-electron chi connectivity index (χ3n) is 4.77. The number of carbonyl (C=O) groups excluding carboxylic acids is 1. The van der Waals surface area contributed by atoms with Crippen LogP contribution in [-0.4, -0.2) is 20.4 Å². The van der Waals surface area contributed by atoms with Gasteiger partial charge in [-0.1, -0.05) is 43.6 Å². The lowest BCUT2D eigenvalue weighted by Crippen LogP contribution is -2.28. The first-order valence-corrected chi connectivity index (χ1v) is 9.72. The van der Waals surface area contributed by atoms with Crippen molar-refractivity contribution in [3.8, 4) is 0 Å². The first kappa shape index (κ1) is 17.9. The molecule has 3 N–H and O–H groups in total. The van der Waals surface area contributed by atoms with Gasteiger partial charge in [-0.3, -0.25) is 4.79 Å². The van der Waals surface area contributed by atoms with E-state index < -0.39 is 10.0 Å². The van der Waals surface area contributed by atoms with Crippen LogP contribution < -0.4 is 10.5 Å². The highest BCUT2D eigenvalue weighted by atomic mass is 35.5. The van der Waals surface area contributed by atoms with Crippen LogP contribution in [0, 0.1) is 5.41 Å². The van der Waals surface area contributed by atoms with Crippen LogP contribution in [0.1, 0.15) is 35.7 Å². The van der Waals surface area contributed by atoms with E-state index >= 15 is 0 Å². The number of rotatable bonds is 4. The zero-order chi connectivity index (χ0) is 18.4. The molecular formula is C18H19ClN2O3S. The Kier molecular flexibility index (Phi) is 4.39. The molecule has 1 saturated carbocycles. The standard InChI is InChI=1S/C18H19ClN2O3S/c1-18(2)15(11-6-8-14(9-7-11)25(20,23)24)16(18)21-17(22)12-4-3-5-13(19)10-12/h3-10,15-16H,1-2H3,(H,21,22)(H2,20,23,24)/t15-,16-/m1/s1. The number of benzene rings is 2. The van der Waals surface area contributed by atoms with Gasteiger partial charge in [-0.05, 0) is 41.3 Å². The molecule has 0 unspecified atom stereocenters. The Labute approximate surface area is 152 Å². The van der Waals surface area contributed by atoms with Crippen LogP contribution >= 0.6 is 11.6 Å². The molecular weight excluding hydrogens is 360 g/mol. The fourth-order valence-electron chi connectivity index (χ4n) is 3.25. The van der Waals surface area contributed by atoms with Gasteiger partial charge in [-0.2, -0.15) is 0 Å². The molecule has 2 aromatic carbocycles. The summed E-state index contributed by atoms with van der Waals surface area (Å²) >= 11 is 5.93. The molecule has 2 atom stereocenters. The van der Waals surface area contributed by atoms with E-state index in [1.165, 1.54) is 12.1 Å². The summed E-state index contributed by atoms with van der Waals surface area (Å²) in [7, 11) is -3.71. The molecule has 0 spiro atoms. The van der Waals surface area contributed by atoms with Crippen molar-refractivity contribution in [3.05, 3.63) is 64.7 Å². The molecule has 0 radical (unpaired) electrons. The summed E-state index contributed by atoms with van der Waals surface area (Å²) in [6, 6.07) is 13.2. The lowest BCUT2D eigenvalue weighted by Gasteiger charge is -2.06. The van der Waals surface area contributed by atoms with Crippen molar-refractivity contribution in [1.82, 2.24) is 5.32 Å². The molecule has 1 amide bonds. The average Bonchev–Trinajstić information content (AvgIpc) is 3.07. The second-order valence-electron chi connectivity index (χ2n) is 6.87. The number of amides is 1. The second kappa shape index (κ2) is 6.12. The lowest BCUT2D eigenvalue weighted by molar-refractivity contribution is 0.0946. The largest absolute Gasteiger partial charge is 0.348 e. The Morgan fingerprint density at radius 2 is 1.80 bits per heavy atom. The van der Waals surface area contributed by atoms with Gasteiger partial charge in [0.1, 0.15) is 0 Å². The smallest absolute Gasteiger partial charge is 0.251 e. The maximum Gasteiger partial charge on any atom is 0.251 e. The summed E-state index contributed by atoms with van der Waals surface area (Å²) in [5, 5.41) is 8.68. The first-order chi connectivity index (χ1) is 11.6. The van der Waals surface area contributed by atoms with Crippen molar-refractivity contribution >= 4 is 27.5 Å². The summed E-state index contributed by atoms with van der Waals surface area (Å²) in [6.45, 7) is 4.13. The zero-order valence-corrected chi connectivity index (χ0v) is 15.4. The average molecular weight is 379 g/mol. The number of sulfonamides is 1. The minimum atomic E-state index is -3.71. The molecule has 0 bridgehead atoms. The van der Waals surface area contributed by atoms with Crippen LogP contribution in [0.5, 0.6) is 0 Å². The highest BCUT2D eigenvalue weighted by Gasteiger charge is 2.59. The first-order valence-electron chi connectivity index (χ1n) is 7.80. The third-order valence-corrected chi connectivity index (χ3v) is 5.93. The number of carbonyl (C=O) groups is 1. The van der Waals surface area contributed by atoms with Gasteiger partial charge in [0.25, 0.3) is 5.91 Å². The maximum atomic E-state index is 12.4. The SMILES string of the molecule is CC1(C)[C@H](NC(=O)c2cccc(Cl)c2)[C@H]1c1ccc(S(N)(=O)=O)cc1. The molecule has 1 fully saturated rings. The molecule has 3 rings (SSSR count). The van der Waals surface area contributed by atoms with Crippen molar-refractivity contribution in [2.75, 3.05) is 0 Å². The molecule has 5 nitrogen and oxygen atoms in total. The maximum absolute atomic E-state index is 12.4. The summed E-state index contributed by atoms with van der Waals surface area (Å²) < 4.78 is 22.7. The summed E-state index contributed by atoms with van der Waals surface area (Å²) in [5.41, 5.74) is 1.35. The zero-order valence-electron chi connectivity index (χ0n) is 13.9. The van der Waals surface area contributed by atoms with E-state index in [9.17, 15) is 13.2 Å². The molecule has 0 aliphatic heterocycles. The molecule has 0 saturated heterocycles. The van der Waals surface area contributed by atoms with Gasteiger partial charge >= 0.3 is 0 Å². The number of primary sulfonamides is 1. The molecule has 0 heterocycles. The van der Waals surface area contributed by atoms with Crippen molar-refractivity contribution in [2.45, 2.75) is 30.7 Å². The second-order valence-corrected chi connectivity index (χ2v) is 8.87. The van der Waals surface area contributed by atoms with Crippen LogP contribution in [0.25, 0.3) is 0 Å². The number of halogens is 1. The van der Waals surface area contributed by atoms with Crippen molar-refractivity contribution in [3.63, 3.8) is 0 Å². The number of nitrogens with one attached hydrogen (secondary N) is 1. The van der Waals surface area contributed by atoms with Crippen LogP contribution in [0.15, 0.2) is 53.4 Å². The Hall–Kier alpha value is -1.89. The predicted molar refractivity (Wildman–Crippen MR) is 97.0 cm³/mol. The highest BCUT2D eigenvalue weighted by Crippen LogP contribution is 2.58. The van der Waals surface area contributed by atoms with Crippen molar-refractivity contribution < 1.29 is 13.2 Å². The highest BCUT2D eigenvalue weighted by molar-refractivity contribution is 7.89. The van der Waals surface area contributed by atoms with Crippen LogP contribution in [0.3, 0.4) is 0 Å². The van der Waals surface area contributed by atoms with Crippen molar-refractivity contribution in [1.29, 1.82) is 0 Å². The Bertz CT molecular complexity index is 924. The molecule has 0 aromatic heterocycles. The fraction of sp³-hybridized carbons (Fsp3) is 0.278. The molecule has 1 aliphatic rings. The van der Waals surface area contributed by atoms with Gasteiger partial charge in [0.2, 0.25) is 10.0 Å². The Morgan fingerprint density at radius 1 is 1.16 bits per heavy atom. The van der Waals surface area contributed by atoms with E-state index in [4.69, 9.17) is 16.7 Å². The van der Waals surface area contributed by atoms with E-state index in [1.54, 1.807) is 36.4 Å². The Balaban J connectivity index is 1.77. The minimum Gasteiger partial charge on any atom is -0.348 e. The predicted octanol–water partition coefficient (Wildman–Crippen LogP) is 2.91. The van der Waals surface area contributed by atoms with Gasteiger partial charge in [-0.15, -0.1) is 0 Å². The quantitative estimate of drug-likeness (QED) is 0.857. The van der Waals surface area contributed by atoms with Gasteiger partial charge in [0.05, 0.1) is 4.90 Å². The van der Waals surface area contributed by atoms with Crippen molar-refractivity contribution in [2.24, 2.45) is 10.6 Å². The molecule has 132 valence electrons. The monoisotopic (exact) mass is 378 g/mol. The van der Waals surface area contributed by atoms with Gasteiger partial charge < -0.3 is 5.32 Å². The lowest BCUT2D eigenvalue weighted by atomic mass is 10.0. The Morgan fingerprint density at radius 3 is 2.36 bits per heavy atom. The fourth-order valence-corrected chi connectivity index (χ4v) is 3.95. The van der Waals surface area contributed by atoms with Crippen LogP contribution in [-0.2, 0) is 10.0 Å². The summed E-state index contributed by atoms with van der Waals surface area (Å²) in [4.78, 5) is 12.5. The molecule has 2 aromatic rings. The molecule has 7 heteroatoms. The molecule has 25 heavy (non-hydrogen) atoms. The van der Waals surface area contributed by atoms with Crippen LogP contribution in [0.2, 0.25) is 5.02 Å². The third kappa shape index (κ3) is 3.56. The van der Waals surface area contributed by atoms with Crippen LogP contribution in [0.4, 0.5) is 0 Å². The number of hydrogen-bond donors (Lipinski definition) is 2. The van der Waals surface area contributed by atoms with E-state index in [-0.39, 0.29) is 28.2 Å². The topological polar surface area (TPSA) is 89.3 Å². The molecule has 1 aliphatic carbocycles. The summed E-state index contributed by atoms with van der Waals surface area (Å²) in [6.07, 6.45) is 0. The summed E-state index contributed by atoms with van der Waals surface area (Å²) in [5.74, 6) is -0.0746. The van der Waals surface area contributed by atoms with E-state index in [1.807, 2.05) is 0 Å². The van der Waals surface area contributed by atoms with E-state index in [0.717, 1.165) is 5.56 Å². The van der Waals surface area contributed by atoms with E-state index in [2.05, 4.69) is 19.2 Å². The van der Waals surface area contributed by atoms with E-state index in [0.29, 0.717) is 10.6 Å². The van der Waals surface area contributed by atoms with Gasteiger partial charge in [0, 0.05) is 22.5 Å². The van der Waals surface area contributed by atoms with Gasteiger partial charge in [-0.25, -0.2) is 13.6 Å². The normalized spacial score (nSPS) is 21.6. The number of nitrogens with two attached hydrogens (primary N) is 1. The van der Waals surface area contributed by atoms with Gasteiger partial charge in [0.15, 0.2) is 0 Å². The minimum absolute atomic E-state index is 0.0423.